The van der Waals surface area contributed by atoms with Gasteiger partial charge < -0.3 is 30.0 Å². The smallest absolute Gasteiger partial charge is 0.240 e. The number of carbonyl (C=O) groups is 2. The van der Waals surface area contributed by atoms with Crippen LogP contribution in [0.5, 0.6) is 23.0 Å². The number of ether oxygens (including phenoxy) is 4. The predicted molar refractivity (Wildman–Crippen MR) is 146 cm³/mol. The molecule has 1 saturated carbocycles. The summed E-state index contributed by atoms with van der Waals surface area (Å²) < 4.78 is 23.3. The highest BCUT2D eigenvalue weighted by Crippen LogP contribution is 2.46. The Kier molecular flexibility index (Phi) is 7.85. The van der Waals surface area contributed by atoms with Gasteiger partial charge in [-0.15, -0.1) is 0 Å². The van der Waals surface area contributed by atoms with Crippen molar-refractivity contribution >= 4 is 28.4 Å². The lowest BCUT2D eigenvalue weighted by Crippen LogP contribution is -2.37. The molecule has 3 aromatic rings. The van der Waals surface area contributed by atoms with E-state index in [0.717, 1.165) is 55.7 Å². The van der Waals surface area contributed by atoms with Crippen molar-refractivity contribution in [1.82, 2.24) is 9.88 Å². The van der Waals surface area contributed by atoms with E-state index in [2.05, 4.69) is 15.2 Å². The lowest BCUT2D eigenvalue weighted by atomic mass is 10.1. The molecule has 10 heteroatoms. The second kappa shape index (κ2) is 11.5. The first-order valence-electron chi connectivity index (χ1n) is 13.2. The summed E-state index contributed by atoms with van der Waals surface area (Å²) in [5.74, 6) is 1.49. The number of benzene rings is 2. The normalized spacial score (nSPS) is 16.5. The van der Waals surface area contributed by atoms with E-state index in [1.165, 1.54) is 0 Å². The molecule has 2 aromatic carbocycles. The van der Waals surface area contributed by atoms with Gasteiger partial charge >= 0.3 is 0 Å². The molecule has 0 bridgehead atoms. The van der Waals surface area contributed by atoms with Crippen LogP contribution in [0.2, 0.25) is 0 Å². The van der Waals surface area contributed by atoms with Crippen LogP contribution < -0.4 is 25.3 Å². The summed E-state index contributed by atoms with van der Waals surface area (Å²) in [7, 11) is 1.61. The third-order valence-corrected chi connectivity index (χ3v) is 7.30. The SMILES string of the molecule is COc1cc2c(Oc3ccc(NC(=O)C4(C(N)=O)CC4)c(C)c3)ccnc2cc1OCCCN1CCOCC1. The third-order valence-electron chi connectivity index (χ3n) is 7.30. The zero-order valence-electron chi connectivity index (χ0n) is 22.3. The molecule has 206 valence electrons. The van der Waals surface area contributed by atoms with Crippen molar-refractivity contribution in [3.05, 3.63) is 48.2 Å². The summed E-state index contributed by atoms with van der Waals surface area (Å²) in [4.78, 5) is 31.1. The van der Waals surface area contributed by atoms with Crippen molar-refractivity contribution in [2.24, 2.45) is 11.1 Å². The maximum Gasteiger partial charge on any atom is 0.240 e. The van der Waals surface area contributed by atoms with E-state index in [-0.39, 0.29) is 5.91 Å². The largest absolute Gasteiger partial charge is 0.493 e. The number of nitrogens with one attached hydrogen (secondary N) is 1. The van der Waals surface area contributed by atoms with Crippen molar-refractivity contribution < 1.29 is 28.5 Å². The number of carbonyl (C=O) groups excluding carboxylic acids is 2. The standard InChI is InChI=1S/C29H34N4O6/c1-19-16-20(4-5-22(19)32-28(35)29(7-8-29)27(30)34)39-24-6-9-31-23-18-26(25(36-2)17-21(23)24)38-13-3-10-33-11-14-37-15-12-33/h4-6,9,16-18H,3,7-8,10-15H2,1-2H3,(H2,30,34)(H,32,35). The number of nitrogens with zero attached hydrogens (tertiary/aromatic N) is 2. The molecule has 0 unspecified atom stereocenters. The summed E-state index contributed by atoms with van der Waals surface area (Å²) >= 11 is 0. The van der Waals surface area contributed by atoms with Crippen LogP contribution in [0.4, 0.5) is 5.69 Å². The summed E-state index contributed by atoms with van der Waals surface area (Å²) in [5, 5.41) is 3.61. The number of nitrogens with two attached hydrogens (primary N) is 1. The summed E-state index contributed by atoms with van der Waals surface area (Å²) in [5.41, 5.74) is 6.47. The molecule has 0 radical (unpaired) electrons. The molecule has 2 aliphatic rings. The molecule has 0 spiro atoms. The van der Waals surface area contributed by atoms with Gasteiger partial charge in [-0.25, -0.2) is 0 Å². The molecular formula is C29H34N4O6. The Bertz CT molecular complexity index is 1370. The van der Waals surface area contributed by atoms with E-state index in [0.29, 0.717) is 48.1 Å². The Morgan fingerprint density at radius 1 is 1.10 bits per heavy atom. The Morgan fingerprint density at radius 2 is 1.90 bits per heavy atom. The molecule has 3 N–H and O–H groups in total. The average Bonchev–Trinajstić information content (AvgIpc) is 3.76. The van der Waals surface area contributed by atoms with Crippen LogP contribution in [0.1, 0.15) is 24.8 Å². The number of rotatable bonds is 11. The van der Waals surface area contributed by atoms with E-state index in [4.69, 9.17) is 24.7 Å². The van der Waals surface area contributed by atoms with Gasteiger partial charge in [-0.3, -0.25) is 19.5 Å². The molecule has 39 heavy (non-hydrogen) atoms. The number of morpholine rings is 1. The topological polar surface area (TPSA) is 125 Å². The molecule has 10 nitrogen and oxygen atoms in total. The summed E-state index contributed by atoms with van der Waals surface area (Å²) in [6.45, 7) is 6.88. The Balaban J connectivity index is 1.27. The summed E-state index contributed by atoms with van der Waals surface area (Å²) in [6, 6.07) is 10.9. The second-order valence-corrected chi connectivity index (χ2v) is 9.96. The molecule has 5 rings (SSSR count). The molecule has 1 saturated heterocycles. The van der Waals surface area contributed by atoms with Crippen LogP contribution in [-0.2, 0) is 14.3 Å². The minimum atomic E-state index is -1.08. The van der Waals surface area contributed by atoms with Gasteiger partial charge in [-0.1, -0.05) is 0 Å². The van der Waals surface area contributed by atoms with Crippen molar-refractivity contribution in [2.45, 2.75) is 26.2 Å². The lowest BCUT2D eigenvalue weighted by Gasteiger charge is -2.26. The first-order valence-corrected chi connectivity index (χ1v) is 13.2. The summed E-state index contributed by atoms with van der Waals surface area (Å²) in [6.07, 6.45) is 3.55. The molecule has 1 aliphatic heterocycles. The average molecular weight is 535 g/mol. The highest BCUT2D eigenvalue weighted by molar-refractivity contribution is 6.12. The number of anilines is 1. The highest BCUT2D eigenvalue weighted by atomic mass is 16.5. The first-order chi connectivity index (χ1) is 18.9. The van der Waals surface area contributed by atoms with E-state index in [9.17, 15) is 9.59 Å². The molecule has 1 aliphatic carbocycles. The number of hydrogen-bond acceptors (Lipinski definition) is 8. The second-order valence-electron chi connectivity index (χ2n) is 9.96. The van der Waals surface area contributed by atoms with E-state index < -0.39 is 11.3 Å². The number of hydrogen-bond donors (Lipinski definition) is 2. The van der Waals surface area contributed by atoms with Gasteiger partial charge in [-0.2, -0.15) is 0 Å². The van der Waals surface area contributed by atoms with E-state index in [1.807, 2.05) is 25.1 Å². The number of aryl methyl sites for hydroxylation is 1. The van der Waals surface area contributed by atoms with Crippen molar-refractivity contribution in [2.75, 3.05) is 51.9 Å². The Labute approximate surface area is 227 Å². The quantitative estimate of drug-likeness (QED) is 0.282. The van der Waals surface area contributed by atoms with E-state index in [1.54, 1.807) is 31.5 Å². The molecule has 2 amide bonds. The fraction of sp³-hybridized carbons (Fsp3) is 0.414. The fourth-order valence-corrected chi connectivity index (χ4v) is 4.70. The van der Waals surface area contributed by atoms with Crippen molar-refractivity contribution in [3.8, 4) is 23.0 Å². The van der Waals surface area contributed by atoms with E-state index >= 15 is 0 Å². The van der Waals surface area contributed by atoms with Crippen LogP contribution in [0, 0.1) is 12.3 Å². The van der Waals surface area contributed by atoms with Gasteiger partial charge in [0.05, 0.1) is 32.4 Å². The molecular weight excluding hydrogens is 500 g/mol. The number of fused-ring (bicyclic) bond motifs is 1. The number of methoxy groups -OCH3 is 1. The molecule has 2 heterocycles. The Hall–Kier alpha value is -3.89. The van der Waals surface area contributed by atoms with Crippen molar-refractivity contribution in [3.63, 3.8) is 0 Å². The number of amides is 2. The van der Waals surface area contributed by atoms with Crippen molar-refractivity contribution in [1.29, 1.82) is 0 Å². The fourth-order valence-electron chi connectivity index (χ4n) is 4.70. The Morgan fingerprint density at radius 3 is 2.59 bits per heavy atom. The van der Waals surface area contributed by atoms with Crippen LogP contribution >= 0.6 is 0 Å². The minimum Gasteiger partial charge on any atom is -0.493 e. The number of primary amides is 1. The van der Waals surface area contributed by atoms with Gasteiger partial charge in [0.25, 0.3) is 0 Å². The van der Waals surface area contributed by atoms with Gasteiger partial charge in [0.2, 0.25) is 11.8 Å². The number of aromatic nitrogens is 1. The highest BCUT2D eigenvalue weighted by Gasteiger charge is 2.55. The predicted octanol–water partition coefficient (Wildman–Crippen LogP) is 3.65. The number of pyridine rings is 1. The van der Waals surface area contributed by atoms with Gasteiger partial charge in [0.1, 0.15) is 16.9 Å². The van der Waals surface area contributed by atoms with Crippen LogP contribution in [0.15, 0.2) is 42.6 Å². The lowest BCUT2D eigenvalue weighted by molar-refractivity contribution is -0.132. The molecule has 2 fully saturated rings. The maximum atomic E-state index is 12.6. The minimum absolute atomic E-state index is 0.363. The first kappa shape index (κ1) is 26.7. The van der Waals surface area contributed by atoms with Crippen LogP contribution in [0.3, 0.4) is 0 Å². The van der Waals surface area contributed by atoms with Gasteiger partial charge in [0, 0.05) is 43.0 Å². The van der Waals surface area contributed by atoms with Gasteiger partial charge in [-0.05, 0) is 62.1 Å². The third kappa shape index (κ3) is 5.91. The van der Waals surface area contributed by atoms with Crippen LogP contribution in [-0.4, -0.2) is 68.3 Å². The monoisotopic (exact) mass is 534 g/mol. The van der Waals surface area contributed by atoms with Crippen LogP contribution in [0.25, 0.3) is 10.9 Å². The maximum absolute atomic E-state index is 12.6. The van der Waals surface area contributed by atoms with Gasteiger partial charge in [0.15, 0.2) is 11.5 Å². The zero-order chi connectivity index (χ0) is 27.4. The molecule has 1 aromatic heterocycles. The zero-order valence-corrected chi connectivity index (χ0v) is 22.3. The molecule has 0 atom stereocenters.